The molecule has 0 bridgehead atoms. The number of Topliss-reactive ketones (excluding diaryl/α,β-unsaturated/α-hetero) is 1. The monoisotopic (exact) mass is 262 g/mol. The molecule has 1 aromatic carbocycles. The first kappa shape index (κ1) is 12.8. The minimum absolute atomic E-state index is 0.167. The normalized spacial score (nSPS) is 10.6. The van der Waals surface area contributed by atoms with Crippen molar-refractivity contribution >= 4 is 17.4 Å². The standard InChI is InChI=1S/C14H15ClN2O/c1-10-6-13(17(2)16-10)9-14(18)8-11-4-3-5-12(15)7-11/h3-7H,8-9H2,1-2H3. The van der Waals surface area contributed by atoms with E-state index in [1.807, 2.05) is 38.2 Å². The predicted molar refractivity (Wildman–Crippen MR) is 71.8 cm³/mol. The zero-order chi connectivity index (χ0) is 13.1. The van der Waals surface area contributed by atoms with E-state index in [4.69, 9.17) is 11.6 Å². The van der Waals surface area contributed by atoms with Crippen LogP contribution in [0.15, 0.2) is 30.3 Å². The number of halogens is 1. The Kier molecular flexibility index (Phi) is 3.82. The fourth-order valence-electron chi connectivity index (χ4n) is 1.97. The molecule has 1 heterocycles. The van der Waals surface area contributed by atoms with E-state index in [1.54, 1.807) is 10.7 Å². The fraction of sp³-hybridized carbons (Fsp3) is 0.286. The molecule has 0 aliphatic heterocycles. The molecule has 0 radical (unpaired) electrons. The second-order valence-electron chi connectivity index (χ2n) is 4.42. The van der Waals surface area contributed by atoms with Gasteiger partial charge in [0.1, 0.15) is 5.78 Å². The zero-order valence-corrected chi connectivity index (χ0v) is 11.2. The molecule has 0 saturated carbocycles. The summed E-state index contributed by atoms with van der Waals surface area (Å²) in [6.45, 7) is 1.92. The molecule has 0 saturated heterocycles. The highest BCUT2D eigenvalue weighted by atomic mass is 35.5. The topological polar surface area (TPSA) is 34.9 Å². The van der Waals surface area contributed by atoms with Crippen molar-refractivity contribution in [2.75, 3.05) is 0 Å². The van der Waals surface area contributed by atoms with Gasteiger partial charge in [0, 0.05) is 30.6 Å². The van der Waals surface area contributed by atoms with Crippen LogP contribution in [0.2, 0.25) is 5.02 Å². The molecular weight excluding hydrogens is 248 g/mol. The lowest BCUT2D eigenvalue weighted by Crippen LogP contribution is -2.10. The van der Waals surface area contributed by atoms with Crippen LogP contribution in [0.3, 0.4) is 0 Å². The lowest BCUT2D eigenvalue weighted by atomic mass is 10.1. The Morgan fingerprint density at radius 2 is 2.11 bits per heavy atom. The van der Waals surface area contributed by atoms with Gasteiger partial charge in [0.25, 0.3) is 0 Å². The lowest BCUT2D eigenvalue weighted by molar-refractivity contribution is -0.117. The van der Waals surface area contributed by atoms with E-state index < -0.39 is 0 Å². The van der Waals surface area contributed by atoms with Crippen LogP contribution in [0.5, 0.6) is 0 Å². The molecule has 1 aromatic heterocycles. The molecule has 0 spiro atoms. The minimum Gasteiger partial charge on any atom is -0.299 e. The van der Waals surface area contributed by atoms with Gasteiger partial charge in [0.15, 0.2) is 0 Å². The average Bonchev–Trinajstić information content (AvgIpc) is 2.57. The Hall–Kier alpha value is -1.61. The van der Waals surface area contributed by atoms with Crippen LogP contribution in [0.1, 0.15) is 17.0 Å². The maximum Gasteiger partial charge on any atom is 0.143 e. The van der Waals surface area contributed by atoms with E-state index >= 15 is 0 Å². The summed E-state index contributed by atoms with van der Waals surface area (Å²) in [6.07, 6.45) is 0.814. The van der Waals surface area contributed by atoms with Crippen LogP contribution in [0.25, 0.3) is 0 Å². The van der Waals surface area contributed by atoms with Crippen molar-refractivity contribution in [1.29, 1.82) is 0 Å². The molecule has 3 nitrogen and oxygen atoms in total. The van der Waals surface area contributed by atoms with Crippen molar-refractivity contribution < 1.29 is 4.79 Å². The van der Waals surface area contributed by atoms with Gasteiger partial charge in [0.2, 0.25) is 0 Å². The molecule has 0 N–H and O–H groups in total. The lowest BCUT2D eigenvalue weighted by Gasteiger charge is -2.02. The molecule has 2 aromatic rings. The average molecular weight is 263 g/mol. The van der Waals surface area contributed by atoms with Gasteiger partial charge < -0.3 is 0 Å². The molecule has 0 atom stereocenters. The summed E-state index contributed by atoms with van der Waals surface area (Å²) in [6, 6.07) is 9.35. The number of hydrogen-bond acceptors (Lipinski definition) is 2. The third-order valence-electron chi connectivity index (χ3n) is 2.77. The van der Waals surface area contributed by atoms with E-state index in [-0.39, 0.29) is 5.78 Å². The minimum atomic E-state index is 0.167. The van der Waals surface area contributed by atoms with Crippen molar-refractivity contribution in [1.82, 2.24) is 9.78 Å². The molecule has 2 rings (SSSR count). The SMILES string of the molecule is Cc1cc(CC(=O)Cc2cccc(Cl)c2)n(C)n1. The first-order valence-corrected chi connectivity index (χ1v) is 6.18. The summed E-state index contributed by atoms with van der Waals surface area (Å²) >= 11 is 5.89. The Morgan fingerprint density at radius 3 is 2.72 bits per heavy atom. The highest BCUT2D eigenvalue weighted by Crippen LogP contribution is 2.12. The van der Waals surface area contributed by atoms with Gasteiger partial charge in [-0.2, -0.15) is 5.10 Å². The second-order valence-corrected chi connectivity index (χ2v) is 4.86. The summed E-state index contributed by atoms with van der Waals surface area (Å²) in [7, 11) is 1.86. The Balaban J connectivity index is 2.03. The summed E-state index contributed by atoms with van der Waals surface area (Å²) in [5.74, 6) is 0.167. The molecule has 94 valence electrons. The first-order valence-electron chi connectivity index (χ1n) is 5.80. The third-order valence-corrected chi connectivity index (χ3v) is 3.00. The molecule has 0 aliphatic carbocycles. The number of hydrogen-bond donors (Lipinski definition) is 0. The van der Waals surface area contributed by atoms with Gasteiger partial charge in [-0.1, -0.05) is 23.7 Å². The number of aromatic nitrogens is 2. The molecule has 0 amide bonds. The van der Waals surface area contributed by atoms with Crippen LogP contribution in [0, 0.1) is 6.92 Å². The van der Waals surface area contributed by atoms with Crippen molar-refractivity contribution in [3.05, 3.63) is 52.3 Å². The van der Waals surface area contributed by atoms with Crippen molar-refractivity contribution in [2.24, 2.45) is 7.05 Å². The molecule has 0 aliphatic rings. The van der Waals surface area contributed by atoms with Crippen LogP contribution in [-0.2, 0) is 24.7 Å². The van der Waals surface area contributed by atoms with Gasteiger partial charge in [-0.25, -0.2) is 0 Å². The molecule has 0 fully saturated rings. The van der Waals surface area contributed by atoms with Crippen LogP contribution < -0.4 is 0 Å². The number of ketones is 1. The maximum absolute atomic E-state index is 12.0. The number of carbonyl (C=O) groups excluding carboxylic acids is 1. The zero-order valence-electron chi connectivity index (χ0n) is 10.5. The number of carbonyl (C=O) groups is 1. The Morgan fingerprint density at radius 1 is 1.33 bits per heavy atom. The van der Waals surface area contributed by atoms with Gasteiger partial charge >= 0.3 is 0 Å². The molecular formula is C14H15ClN2O. The Bertz CT molecular complexity index is 575. The number of nitrogens with zero attached hydrogens (tertiary/aromatic N) is 2. The maximum atomic E-state index is 12.0. The second kappa shape index (κ2) is 5.36. The Labute approximate surface area is 111 Å². The molecule has 4 heteroatoms. The van der Waals surface area contributed by atoms with E-state index in [0.717, 1.165) is 17.0 Å². The van der Waals surface area contributed by atoms with Gasteiger partial charge in [-0.3, -0.25) is 9.48 Å². The van der Waals surface area contributed by atoms with E-state index in [2.05, 4.69) is 5.10 Å². The number of rotatable bonds is 4. The van der Waals surface area contributed by atoms with E-state index in [9.17, 15) is 4.79 Å². The van der Waals surface area contributed by atoms with Crippen molar-refractivity contribution in [3.8, 4) is 0 Å². The highest BCUT2D eigenvalue weighted by molar-refractivity contribution is 6.30. The quantitative estimate of drug-likeness (QED) is 0.849. The van der Waals surface area contributed by atoms with Crippen LogP contribution in [-0.4, -0.2) is 15.6 Å². The van der Waals surface area contributed by atoms with Gasteiger partial charge in [-0.15, -0.1) is 0 Å². The van der Waals surface area contributed by atoms with E-state index in [1.165, 1.54) is 0 Å². The smallest absolute Gasteiger partial charge is 0.143 e. The van der Waals surface area contributed by atoms with Crippen LogP contribution in [0.4, 0.5) is 0 Å². The molecule has 18 heavy (non-hydrogen) atoms. The summed E-state index contributed by atoms with van der Waals surface area (Å²) in [5, 5.41) is 4.89. The largest absolute Gasteiger partial charge is 0.299 e. The number of benzene rings is 1. The summed E-state index contributed by atoms with van der Waals surface area (Å²) in [5.41, 5.74) is 2.83. The predicted octanol–water partition coefficient (Wildman–Crippen LogP) is 2.74. The van der Waals surface area contributed by atoms with Gasteiger partial charge in [0.05, 0.1) is 5.69 Å². The summed E-state index contributed by atoms with van der Waals surface area (Å²) in [4.78, 5) is 12.0. The van der Waals surface area contributed by atoms with E-state index in [0.29, 0.717) is 17.9 Å². The fourth-order valence-corrected chi connectivity index (χ4v) is 2.18. The summed E-state index contributed by atoms with van der Waals surface area (Å²) < 4.78 is 1.76. The third kappa shape index (κ3) is 3.20. The van der Waals surface area contributed by atoms with Crippen LogP contribution >= 0.6 is 11.6 Å². The van der Waals surface area contributed by atoms with Gasteiger partial charge in [-0.05, 0) is 30.7 Å². The molecule has 0 unspecified atom stereocenters. The number of aryl methyl sites for hydroxylation is 2. The first-order chi connectivity index (χ1) is 8.54. The highest BCUT2D eigenvalue weighted by Gasteiger charge is 2.09. The van der Waals surface area contributed by atoms with Crippen molar-refractivity contribution in [2.45, 2.75) is 19.8 Å². The van der Waals surface area contributed by atoms with Crippen molar-refractivity contribution in [3.63, 3.8) is 0 Å².